The molecular formula is C11H21F2NO. The third-order valence-electron chi connectivity index (χ3n) is 3.38. The molecule has 0 radical (unpaired) electrons. The summed E-state index contributed by atoms with van der Waals surface area (Å²) in [7, 11) is 0. The van der Waals surface area contributed by atoms with Crippen LogP contribution in [0.25, 0.3) is 0 Å². The van der Waals surface area contributed by atoms with Crippen molar-refractivity contribution in [3.05, 3.63) is 0 Å². The quantitative estimate of drug-likeness (QED) is 0.768. The molecule has 1 saturated heterocycles. The predicted octanol–water partition coefficient (Wildman–Crippen LogP) is 2.12. The van der Waals surface area contributed by atoms with Gasteiger partial charge in [-0.25, -0.2) is 8.78 Å². The van der Waals surface area contributed by atoms with Crippen molar-refractivity contribution >= 4 is 0 Å². The van der Waals surface area contributed by atoms with E-state index in [2.05, 4.69) is 0 Å². The van der Waals surface area contributed by atoms with Crippen molar-refractivity contribution < 1.29 is 13.9 Å². The van der Waals surface area contributed by atoms with Crippen molar-refractivity contribution in [1.29, 1.82) is 0 Å². The Balaban J connectivity index is 2.28. The van der Waals surface area contributed by atoms with Gasteiger partial charge in [0.2, 0.25) is 0 Å². The Kier molecular flexibility index (Phi) is 4.06. The van der Waals surface area contributed by atoms with E-state index in [1.54, 1.807) is 4.90 Å². The van der Waals surface area contributed by atoms with Crippen molar-refractivity contribution in [1.82, 2.24) is 4.90 Å². The fraction of sp³-hybridized carbons (Fsp3) is 1.00. The molecule has 0 amide bonds. The molecule has 3 unspecified atom stereocenters. The largest absolute Gasteiger partial charge is 0.393 e. The molecule has 1 N–H and O–H groups in total. The van der Waals surface area contributed by atoms with Crippen LogP contribution in [-0.2, 0) is 0 Å². The lowest BCUT2D eigenvalue weighted by atomic mass is 9.94. The second-order valence-electron chi connectivity index (χ2n) is 4.80. The summed E-state index contributed by atoms with van der Waals surface area (Å²) in [6.07, 6.45) is 1.13. The van der Waals surface area contributed by atoms with Crippen LogP contribution < -0.4 is 0 Å². The maximum absolute atomic E-state index is 12.6. The van der Waals surface area contributed by atoms with Gasteiger partial charge < -0.3 is 5.11 Å². The number of halogens is 2. The second-order valence-corrected chi connectivity index (χ2v) is 4.80. The first-order valence-electron chi connectivity index (χ1n) is 5.65. The molecule has 15 heavy (non-hydrogen) atoms. The first-order valence-corrected chi connectivity index (χ1v) is 5.65. The van der Waals surface area contributed by atoms with Gasteiger partial charge in [0.15, 0.2) is 0 Å². The van der Waals surface area contributed by atoms with Crippen molar-refractivity contribution in [2.24, 2.45) is 5.92 Å². The van der Waals surface area contributed by atoms with Crippen LogP contribution in [0.3, 0.4) is 0 Å². The molecule has 1 aliphatic rings. The number of hydrogen-bond acceptors (Lipinski definition) is 2. The van der Waals surface area contributed by atoms with E-state index in [-0.39, 0.29) is 31.2 Å². The molecule has 0 spiro atoms. The Labute approximate surface area is 90.3 Å². The summed E-state index contributed by atoms with van der Waals surface area (Å²) >= 11 is 0. The highest BCUT2D eigenvalue weighted by Crippen LogP contribution is 2.30. The van der Waals surface area contributed by atoms with E-state index in [9.17, 15) is 13.9 Å². The molecule has 1 aliphatic heterocycles. The summed E-state index contributed by atoms with van der Waals surface area (Å²) in [5.41, 5.74) is 0. The first-order chi connectivity index (χ1) is 6.85. The minimum absolute atomic E-state index is 0.0497. The third-order valence-corrected chi connectivity index (χ3v) is 3.38. The van der Waals surface area contributed by atoms with Gasteiger partial charge in [-0.15, -0.1) is 0 Å². The lowest BCUT2D eigenvalue weighted by Gasteiger charge is -2.43. The van der Waals surface area contributed by atoms with Crippen molar-refractivity contribution in [2.75, 3.05) is 13.1 Å². The second kappa shape index (κ2) is 4.74. The lowest BCUT2D eigenvalue weighted by molar-refractivity contribution is -0.148. The fourth-order valence-electron chi connectivity index (χ4n) is 1.86. The molecule has 90 valence electrons. The molecule has 1 rings (SSSR count). The number of aliphatic hydroxyl groups excluding tert-OH is 1. The minimum Gasteiger partial charge on any atom is -0.393 e. The third kappa shape index (κ3) is 3.38. The van der Waals surface area contributed by atoms with Crippen LogP contribution in [0.15, 0.2) is 0 Å². The van der Waals surface area contributed by atoms with E-state index in [1.165, 1.54) is 0 Å². The molecular weight excluding hydrogens is 200 g/mol. The Bertz CT molecular complexity index is 203. The van der Waals surface area contributed by atoms with E-state index in [0.29, 0.717) is 6.42 Å². The molecule has 0 aromatic rings. The minimum atomic E-state index is -2.50. The molecule has 4 heteroatoms. The number of aliphatic hydroxyl groups is 1. The Morgan fingerprint density at radius 2 is 1.87 bits per heavy atom. The summed E-state index contributed by atoms with van der Waals surface area (Å²) in [6.45, 7) is 5.61. The molecule has 3 atom stereocenters. The summed E-state index contributed by atoms with van der Waals surface area (Å²) in [4.78, 5) is 1.73. The van der Waals surface area contributed by atoms with Gasteiger partial charge in [-0.2, -0.15) is 0 Å². The van der Waals surface area contributed by atoms with Gasteiger partial charge in [0, 0.05) is 6.04 Å². The summed E-state index contributed by atoms with van der Waals surface area (Å²) in [5, 5.41) is 9.77. The summed E-state index contributed by atoms with van der Waals surface area (Å²) in [5.74, 6) is -2.26. The van der Waals surface area contributed by atoms with E-state index < -0.39 is 5.92 Å². The molecule has 1 heterocycles. The van der Waals surface area contributed by atoms with Gasteiger partial charge >= 0.3 is 0 Å². The molecule has 0 aromatic carbocycles. The van der Waals surface area contributed by atoms with E-state index in [4.69, 9.17) is 0 Å². The molecule has 0 bridgehead atoms. The van der Waals surface area contributed by atoms with Gasteiger partial charge in [-0.1, -0.05) is 20.3 Å². The van der Waals surface area contributed by atoms with E-state index >= 15 is 0 Å². The van der Waals surface area contributed by atoms with Crippen molar-refractivity contribution in [2.45, 2.75) is 51.7 Å². The Hall–Kier alpha value is -0.220. The maximum atomic E-state index is 12.6. The first kappa shape index (κ1) is 12.8. The average molecular weight is 221 g/mol. The number of rotatable bonds is 5. The van der Waals surface area contributed by atoms with E-state index in [0.717, 1.165) is 6.42 Å². The summed E-state index contributed by atoms with van der Waals surface area (Å²) in [6, 6.07) is 0.0497. The normalized spacial score (nSPS) is 26.8. The van der Waals surface area contributed by atoms with Gasteiger partial charge in [-0.3, -0.25) is 4.90 Å². The van der Waals surface area contributed by atoms with Crippen LogP contribution in [0.1, 0.15) is 33.6 Å². The number of hydrogen-bond donors (Lipinski definition) is 1. The van der Waals surface area contributed by atoms with Crippen LogP contribution in [-0.4, -0.2) is 41.2 Å². The Morgan fingerprint density at radius 3 is 2.27 bits per heavy atom. The zero-order chi connectivity index (χ0) is 11.6. The van der Waals surface area contributed by atoms with Crippen molar-refractivity contribution in [3.8, 4) is 0 Å². The van der Waals surface area contributed by atoms with Gasteiger partial charge in [0.25, 0.3) is 5.92 Å². The highest BCUT2D eigenvalue weighted by Gasteiger charge is 2.45. The lowest BCUT2D eigenvalue weighted by Crippen LogP contribution is -2.59. The maximum Gasteiger partial charge on any atom is 0.272 e. The van der Waals surface area contributed by atoms with Crippen LogP contribution >= 0.6 is 0 Å². The smallest absolute Gasteiger partial charge is 0.272 e. The van der Waals surface area contributed by atoms with Gasteiger partial charge in [0.1, 0.15) is 0 Å². The van der Waals surface area contributed by atoms with Gasteiger partial charge in [-0.05, 0) is 19.3 Å². The predicted molar refractivity (Wildman–Crippen MR) is 56.1 cm³/mol. The van der Waals surface area contributed by atoms with E-state index in [1.807, 2.05) is 20.8 Å². The van der Waals surface area contributed by atoms with Crippen LogP contribution in [0.2, 0.25) is 0 Å². The monoisotopic (exact) mass is 221 g/mol. The van der Waals surface area contributed by atoms with Gasteiger partial charge in [0.05, 0.1) is 19.2 Å². The average Bonchev–Trinajstić information content (AvgIpc) is 2.12. The topological polar surface area (TPSA) is 23.5 Å². The molecule has 0 aromatic heterocycles. The SMILES string of the molecule is CCC(C)C(O)CC(C)N1CC(F)(F)C1. The molecule has 0 aliphatic carbocycles. The van der Waals surface area contributed by atoms with Crippen molar-refractivity contribution in [3.63, 3.8) is 0 Å². The molecule has 1 fully saturated rings. The van der Waals surface area contributed by atoms with Crippen LogP contribution in [0.4, 0.5) is 8.78 Å². The number of alkyl halides is 2. The number of nitrogens with zero attached hydrogens (tertiary/aromatic N) is 1. The number of likely N-dealkylation sites (tertiary alicyclic amines) is 1. The fourth-order valence-corrected chi connectivity index (χ4v) is 1.86. The highest BCUT2D eigenvalue weighted by atomic mass is 19.3. The zero-order valence-electron chi connectivity index (χ0n) is 9.71. The van der Waals surface area contributed by atoms with Crippen LogP contribution in [0.5, 0.6) is 0 Å². The standard InChI is InChI=1S/C11H21F2NO/c1-4-8(2)10(15)5-9(3)14-6-11(12,13)7-14/h8-10,15H,4-7H2,1-3H3. The Morgan fingerprint density at radius 1 is 1.33 bits per heavy atom. The molecule has 2 nitrogen and oxygen atoms in total. The molecule has 0 saturated carbocycles. The zero-order valence-corrected chi connectivity index (χ0v) is 9.71. The summed E-state index contributed by atoms with van der Waals surface area (Å²) < 4.78 is 25.2. The van der Waals surface area contributed by atoms with Crippen LogP contribution in [0, 0.1) is 5.92 Å². The highest BCUT2D eigenvalue weighted by molar-refractivity contribution is 4.90.